The smallest absolute Gasteiger partial charge is 0.339 e. The Hall–Kier alpha value is -4.07. The molecule has 3 fully saturated rings. The van der Waals surface area contributed by atoms with E-state index in [0.717, 1.165) is 19.3 Å². The van der Waals surface area contributed by atoms with Crippen LogP contribution < -0.4 is 4.90 Å². The predicted molar refractivity (Wildman–Crippen MR) is 159 cm³/mol. The lowest BCUT2D eigenvalue weighted by Gasteiger charge is -2.19. The molecule has 7 nitrogen and oxygen atoms in total. The van der Waals surface area contributed by atoms with Crippen LogP contribution in [0.4, 0.5) is 5.69 Å². The average molecular weight is 599 g/mol. The summed E-state index contributed by atoms with van der Waals surface area (Å²) in [6.07, 6.45) is 3.03. The molecule has 0 radical (unpaired) electrons. The highest BCUT2D eigenvalue weighted by atomic mass is 35.5. The number of Topliss-reactive ketones (excluding diaryl/α,β-unsaturated/α-hetero) is 1. The molecule has 4 atom stereocenters. The first kappa shape index (κ1) is 26.8. The Morgan fingerprint density at radius 1 is 0.881 bits per heavy atom. The summed E-state index contributed by atoms with van der Waals surface area (Å²) in [4.78, 5) is 58.4. The van der Waals surface area contributed by atoms with Crippen LogP contribution in [0.25, 0.3) is 22.2 Å². The summed E-state index contributed by atoms with van der Waals surface area (Å²) in [5, 5.41) is 1.34. The minimum Gasteiger partial charge on any atom is -0.454 e. The van der Waals surface area contributed by atoms with Gasteiger partial charge in [-0.2, -0.15) is 0 Å². The summed E-state index contributed by atoms with van der Waals surface area (Å²) in [5.74, 6) is -1.02. The second-order valence-electron chi connectivity index (χ2n) is 11.1. The Morgan fingerprint density at radius 2 is 1.55 bits per heavy atom. The number of anilines is 1. The Morgan fingerprint density at radius 3 is 2.21 bits per heavy atom. The molecule has 0 N–H and O–H groups in total. The quantitative estimate of drug-likeness (QED) is 0.138. The minimum atomic E-state index is -0.695. The lowest BCUT2D eigenvalue weighted by molar-refractivity contribution is -0.123. The number of hydrogen-bond donors (Lipinski definition) is 0. The Balaban J connectivity index is 1.17. The van der Waals surface area contributed by atoms with Crippen molar-refractivity contribution in [2.45, 2.75) is 19.3 Å². The first-order chi connectivity index (χ1) is 20.3. The van der Waals surface area contributed by atoms with Crippen LogP contribution in [-0.4, -0.2) is 35.2 Å². The van der Waals surface area contributed by atoms with Gasteiger partial charge >= 0.3 is 5.97 Å². The van der Waals surface area contributed by atoms with Crippen molar-refractivity contribution in [3.8, 4) is 11.3 Å². The van der Waals surface area contributed by atoms with Crippen LogP contribution in [0.5, 0.6) is 0 Å². The van der Waals surface area contributed by atoms with Crippen molar-refractivity contribution in [1.82, 2.24) is 4.98 Å². The number of ketones is 1. The van der Waals surface area contributed by atoms with E-state index in [1.807, 2.05) is 0 Å². The van der Waals surface area contributed by atoms with Crippen molar-refractivity contribution in [3.63, 3.8) is 0 Å². The number of nitrogens with zero attached hydrogens (tertiary/aromatic N) is 2. The number of pyridine rings is 1. The maximum absolute atomic E-state index is 13.3. The number of carbonyl (C=O) groups is 4. The number of hydrogen-bond acceptors (Lipinski definition) is 6. The van der Waals surface area contributed by atoms with Gasteiger partial charge in [0.05, 0.1) is 39.3 Å². The standard InChI is InChI=1S/C33H24Cl2N2O5/c34-21-10-6-18(7-11-21)27(38)16-42-33(41)24-15-26(36-30-23(24)2-1-3-25(30)35)17-8-12-22(13-9-17)37-31(39)28-19-4-5-20(14-19)29(28)32(37)40/h1-3,6-13,15,19-20,28-29H,4-5,14,16H2. The molecule has 1 saturated heterocycles. The number of rotatable bonds is 6. The summed E-state index contributed by atoms with van der Waals surface area (Å²) in [7, 11) is 0. The number of aromatic nitrogens is 1. The highest BCUT2D eigenvalue weighted by Gasteiger charge is 2.61. The monoisotopic (exact) mass is 598 g/mol. The Labute approximate surface area is 251 Å². The maximum atomic E-state index is 13.3. The Kier molecular flexibility index (Phi) is 6.59. The van der Waals surface area contributed by atoms with Gasteiger partial charge in [0.1, 0.15) is 0 Å². The second-order valence-corrected chi connectivity index (χ2v) is 12.0. The van der Waals surface area contributed by atoms with Crippen molar-refractivity contribution in [3.05, 3.63) is 94.0 Å². The summed E-state index contributed by atoms with van der Waals surface area (Å²) >= 11 is 12.4. The van der Waals surface area contributed by atoms with Gasteiger partial charge in [0.15, 0.2) is 12.4 Å². The van der Waals surface area contributed by atoms with Gasteiger partial charge in [-0.25, -0.2) is 9.78 Å². The third kappa shape index (κ3) is 4.39. The van der Waals surface area contributed by atoms with Gasteiger partial charge in [-0.3, -0.25) is 19.3 Å². The minimum absolute atomic E-state index is 0.0984. The van der Waals surface area contributed by atoms with Crippen molar-refractivity contribution >= 4 is 63.4 Å². The summed E-state index contributed by atoms with van der Waals surface area (Å²) in [6, 6.07) is 20.0. The van der Waals surface area contributed by atoms with Gasteiger partial charge in [-0.1, -0.05) is 47.5 Å². The van der Waals surface area contributed by atoms with Gasteiger partial charge in [-0.05, 0) is 79.6 Å². The number of fused-ring (bicyclic) bond motifs is 6. The van der Waals surface area contributed by atoms with E-state index in [1.165, 1.54) is 4.90 Å². The highest BCUT2D eigenvalue weighted by Crippen LogP contribution is 2.56. The van der Waals surface area contributed by atoms with E-state index >= 15 is 0 Å². The van der Waals surface area contributed by atoms with Crippen LogP contribution >= 0.6 is 23.2 Å². The van der Waals surface area contributed by atoms with E-state index in [2.05, 4.69) is 0 Å². The van der Waals surface area contributed by atoms with Crippen LogP contribution in [0.2, 0.25) is 10.0 Å². The summed E-state index contributed by atoms with van der Waals surface area (Å²) in [5.41, 5.74) is 2.63. The zero-order chi connectivity index (χ0) is 29.1. The van der Waals surface area contributed by atoms with Gasteiger partial charge in [0.2, 0.25) is 11.8 Å². The molecule has 1 aliphatic heterocycles. The predicted octanol–water partition coefficient (Wildman–Crippen LogP) is 6.78. The molecule has 2 bridgehead atoms. The van der Waals surface area contributed by atoms with Crippen molar-refractivity contribution in [2.75, 3.05) is 11.5 Å². The first-order valence-electron chi connectivity index (χ1n) is 13.8. The van der Waals surface area contributed by atoms with E-state index in [0.29, 0.717) is 55.3 Å². The maximum Gasteiger partial charge on any atom is 0.339 e. The molecule has 2 heterocycles. The van der Waals surface area contributed by atoms with E-state index in [9.17, 15) is 19.2 Å². The van der Waals surface area contributed by atoms with Crippen molar-refractivity contribution in [1.29, 1.82) is 0 Å². The van der Waals surface area contributed by atoms with Gasteiger partial charge in [0.25, 0.3) is 0 Å². The van der Waals surface area contributed by atoms with Crippen molar-refractivity contribution < 1.29 is 23.9 Å². The molecular formula is C33H24Cl2N2O5. The van der Waals surface area contributed by atoms with Crippen molar-refractivity contribution in [2.24, 2.45) is 23.7 Å². The third-order valence-electron chi connectivity index (χ3n) is 8.86. The topological polar surface area (TPSA) is 93.6 Å². The van der Waals surface area contributed by atoms with Crippen LogP contribution in [0, 0.1) is 23.7 Å². The molecule has 0 spiro atoms. The van der Waals surface area contributed by atoms with E-state index < -0.39 is 12.6 Å². The number of ether oxygens (including phenoxy) is 1. The van der Waals surface area contributed by atoms with Gasteiger partial charge in [0, 0.05) is 21.5 Å². The molecule has 2 amide bonds. The normalized spacial score (nSPS) is 22.6. The molecular weight excluding hydrogens is 575 g/mol. The van der Waals surface area contributed by atoms with Crippen LogP contribution in [0.15, 0.2) is 72.8 Å². The van der Waals surface area contributed by atoms with Gasteiger partial charge < -0.3 is 4.74 Å². The van der Waals surface area contributed by atoms with Crippen LogP contribution in [0.1, 0.15) is 40.0 Å². The summed E-state index contributed by atoms with van der Waals surface area (Å²) < 4.78 is 5.41. The summed E-state index contributed by atoms with van der Waals surface area (Å²) in [6.45, 7) is -0.448. The molecule has 4 aromatic rings. The number of carbonyl (C=O) groups excluding carboxylic acids is 4. The van der Waals surface area contributed by atoms with E-state index in [4.69, 9.17) is 32.9 Å². The Bertz CT molecular complexity index is 1760. The lowest BCUT2D eigenvalue weighted by Crippen LogP contribution is -2.32. The lowest BCUT2D eigenvalue weighted by atomic mass is 9.81. The highest BCUT2D eigenvalue weighted by molar-refractivity contribution is 6.35. The molecule has 210 valence electrons. The zero-order valence-electron chi connectivity index (χ0n) is 22.3. The molecule has 3 aliphatic rings. The number of halogens is 2. The molecule has 42 heavy (non-hydrogen) atoms. The molecule has 9 heteroatoms. The average Bonchev–Trinajstić information content (AvgIpc) is 3.69. The number of para-hydroxylation sites is 1. The van der Waals surface area contributed by atoms with Crippen LogP contribution in [-0.2, 0) is 14.3 Å². The number of amides is 2. The molecule has 1 aromatic heterocycles. The third-order valence-corrected chi connectivity index (χ3v) is 9.42. The fraction of sp³-hybridized carbons (Fsp3) is 0.242. The molecule has 2 aliphatic carbocycles. The molecule has 2 saturated carbocycles. The molecule has 7 rings (SSSR count). The van der Waals surface area contributed by atoms with Gasteiger partial charge in [-0.15, -0.1) is 0 Å². The fourth-order valence-electron chi connectivity index (χ4n) is 6.90. The van der Waals surface area contributed by atoms with E-state index in [1.54, 1.807) is 72.8 Å². The first-order valence-corrected chi connectivity index (χ1v) is 14.6. The molecule has 4 unspecified atom stereocenters. The second kappa shape index (κ2) is 10.3. The zero-order valence-corrected chi connectivity index (χ0v) is 23.8. The largest absolute Gasteiger partial charge is 0.454 e. The number of imide groups is 1. The number of esters is 1. The molecule has 3 aromatic carbocycles. The van der Waals surface area contributed by atoms with E-state index in [-0.39, 0.29) is 35.0 Å². The fourth-order valence-corrected chi connectivity index (χ4v) is 7.25. The number of benzene rings is 3. The van der Waals surface area contributed by atoms with Crippen LogP contribution in [0.3, 0.4) is 0 Å². The SMILES string of the molecule is O=C(COC(=O)c1cc(-c2ccc(N3C(=O)C4C5CCC(C5)C4C3=O)cc2)nc2c(Cl)cccc12)c1ccc(Cl)cc1.